The van der Waals surface area contributed by atoms with E-state index in [4.69, 9.17) is 19.5 Å². The van der Waals surface area contributed by atoms with Gasteiger partial charge in [-0.05, 0) is 48.4 Å². The topological polar surface area (TPSA) is 97.7 Å². The zero-order chi connectivity index (χ0) is 17.9. The first kappa shape index (κ1) is 17.1. The van der Waals surface area contributed by atoms with E-state index < -0.39 is 10.0 Å². The van der Waals surface area contributed by atoms with Crippen molar-refractivity contribution in [1.29, 1.82) is 5.26 Å². The normalized spacial score (nSPS) is 12.6. The molecule has 0 aromatic heterocycles. The Labute approximate surface area is 145 Å². The average Bonchev–Trinajstić information content (AvgIpc) is 3.09. The summed E-state index contributed by atoms with van der Waals surface area (Å²) in [6.07, 6.45) is 0.461. The summed E-state index contributed by atoms with van der Waals surface area (Å²) < 4.78 is 43.0. The SMILES string of the molecule is COc1cc(CCNS(=O)(=O)c2ccc(C#N)cc2)cc2c1OCO2. The van der Waals surface area contributed by atoms with Crippen LogP contribution in [0.25, 0.3) is 0 Å². The molecule has 0 aliphatic carbocycles. The zero-order valence-corrected chi connectivity index (χ0v) is 14.3. The number of nitrogens with one attached hydrogen (secondary N) is 1. The Bertz CT molecular complexity index is 917. The summed E-state index contributed by atoms with van der Waals surface area (Å²) in [6, 6.07) is 11.3. The third-order valence-electron chi connectivity index (χ3n) is 3.72. The Kier molecular flexibility index (Phi) is 4.79. The second kappa shape index (κ2) is 7.01. The zero-order valence-electron chi connectivity index (χ0n) is 13.5. The number of hydrogen-bond donors (Lipinski definition) is 1. The summed E-state index contributed by atoms with van der Waals surface area (Å²) in [6.45, 7) is 0.353. The molecule has 25 heavy (non-hydrogen) atoms. The van der Waals surface area contributed by atoms with Crippen LogP contribution in [0.15, 0.2) is 41.3 Å². The Morgan fingerprint density at radius 1 is 1.24 bits per heavy atom. The van der Waals surface area contributed by atoms with E-state index >= 15 is 0 Å². The Morgan fingerprint density at radius 3 is 2.68 bits per heavy atom. The van der Waals surface area contributed by atoms with E-state index in [-0.39, 0.29) is 18.2 Å². The summed E-state index contributed by atoms with van der Waals surface area (Å²) in [5.41, 5.74) is 1.27. The molecule has 0 atom stereocenters. The molecule has 0 amide bonds. The van der Waals surface area contributed by atoms with Crippen molar-refractivity contribution < 1.29 is 22.6 Å². The van der Waals surface area contributed by atoms with Crippen molar-refractivity contribution in [3.8, 4) is 23.3 Å². The number of fused-ring (bicyclic) bond motifs is 1. The van der Waals surface area contributed by atoms with Crippen molar-refractivity contribution in [2.75, 3.05) is 20.4 Å². The van der Waals surface area contributed by atoms with Crippen LogP contribution in [-0.4, -0.2) is 28.9 Å². The number of sulfonamides is 1. The molecular weight excluding hydrogens is 344 g/mol. The molecule has 0 unspecified atom stereocenters. The molecule has 0 radical (unpaired) electrons. The minimum atomic E-state index is -3.63. The summed E-state index contributed by atoms with van der Waals surface area (Å²) in [7, 11) is -2.09. The number of nitrogens with zero attached hydrogens (tertiary/aromatic N) is 1. The lowest BCUT2D eigenvalue weighted by molar-refractivity contribution is 0.171. The van der Waals surface area contributed by atoms with Crippen LogP contribution in [-0.2, 0) is 16.4 Å². The van der Waals surface area contributed by atoms with Crippen molar-refractivity contribution in [1.82, 2.24) is 4.72 Å². The molecule has 0 fully saturated rings. The molecule has 8 heteroatoms. The highest BCUT2D eigenvalue weighted by Crippen LogP contribution is 2.41. The quantitative estimate of drug-likeness (QED) is 0.844. The second-order valence-corrected chi connectivity index (χ2v) is 7.08. The van der Waals surface area contributed by atoms with Gasteiger partial charge < -0.3 is 14.2 Å². The number of ether oxygens (including phenoxy) is 3. The molecule has 0 bridgehead atoms. The van der Waals surface area contributed by atoms with Gasteiger partial charge in [0.2, 0.25) is 22.6 Å². The first-order chi connectivity index (χ1) is 12.0. The van der Waals surface area contributed by atoms with Gasteiger partial charge in [-0.15, -0.1) is 0 Å². The van der Waals surface area contributed by atoms with Crippen LogP contribution in [0.3, 0.4) is 0 Å². The largest absolute Gasteiger partial charge is 0.493 e. The van der Waals surface area contributed by atoms with Gasteiger partial charge in [-0.3, -0.25) is 0 Å². The van der Waals surface area contributed by atoms with E-state index in [0.29, 0.717) is 29.2 Å². The third-order valence-corrected chi connectivity index (χ3v) is 5.19. The van der Waals surface area contributed by atoms with Gasteiger partial charge in [0.25, 0.3) is 0 Å². The monoisotopic (exact) mass is 360 g/mol. The highest BCUT2D eigenvalue weighted by molar-refractivity contribution is 7.89. The van der Waals surface area contributed by atoms with Crippen molar-refractivity contribution in [2.45, 2.75) is 11.3 Å². The van der Waals surface area contributed by atoms with Crippen molar-refractivity contribution in [3.63, 3.8) is 0 Å². The van der Waals surface area contributed by atoms with Crippen LogP contribution >= 0.6 is 0 Å². The number of nitriles is 1. The van der Waals surface area contributed by atoms with Gasteiger partial charge in [-0.1, -0.05) is 0 Å². The maximum Gasteiger partial charge on any atom is 0.240 e. The van der Waals surface area contributed by atoms with Gasteiger partial charge in [-0.25, -0.2) is 13.1 Å². The lowest BCUT2D eigenvalue weighted by Crippen LogP contribution is -2.26. The molecule has 130 valence electrons. The summed E-state index contributed by atoms with van der Waals surface area (Å²) in [5, 5.41) is 8.76. The molecule has 1 heterocycles. The van der Waals surface area contributed by atoms with Crippen LogP contribution in [0.1, 0.15) is 11.1 Å². The number of benzene rings is 2. The highest BCUT2D eigenvalue weighted by Gasteiger charge is 2.20. The van der Waals surface area contributed by atoms with Gasteiger partial charge in [0.05, 0.1) is 23.6 Å². The Hall–Kier alpha value is -2.76. The van der Waals surface area contributed by atoms with Gasteiger partial charge in [0.1, 0.15) is 0 Å². The molecular formula is C17H16N2O5S. The van der Waals surface area contributed by atoms with Crippen LogP contribution in [0.2, 0.25) is 0 Å². The van der Waals surface area contributed by atoms with Crippen LogP contribution in [0, 0.1) is 11.3 Å². The lowest BCUT2D eigenvalue weighted by atomic mass is 10.1. The van der Waals surface area contributed by atoms with E-state index in [1.807, 2.05) is 6.07 Å². The van der Waals surface area contributed by atoms with E-state index in [2.05, 4.69) is 4.72 Å². The summed E-state index contributed by atoms with van der Waals surface area (Å²) in [5.74, 6) is 1.70. The average molecular weight is 360 g/mol. The fourth-order valence-electron chi connectivity index (χ4n) is 2.45. The minimum Gasteiger partial charge on any atom is -0.493 e. The third kappa shape index (κ3) is 3.68. The summed E-state index contributed by atoms with van der Waals surface area (Å²) >= 11 is 0. The fourth-order valence-corrected chi connectivity index (χ4v) is 3.48. The predicted octanol–water partition coefficient (Wildman–Crippen LogP) is 1.82. The molecule has 0 spiro atoms. The van der Waals surface area contributed by atoms with E-state index in [9.17, 15) is 8.42 Å². The smallest absolute Gasteiger partial charge is 0.240 e. The number of rotatable bonds is 6. The lowest BCUT2D eigenvalue weighted by Gasteiger charge is -2.09. The first-order valence-corrected chi connectivity index (χ1v) is 8.98. The van der Waals surface area contributed by atoms with E-state index in [0.717, 1.165) is 5.56 Å². The van der Waals surface area contributed by atoms with Gasteiger partial charge in [-0.2, -0.15) is 5.26 Å². The molecule has 0 saturated heterocycles. The van der Waals surface area contributed by atoms with Crippen molar-refractivity contribution in [3.05, 3.63) is 47.5 Å². The van der Waals surface area contributed by atoms with Crippen LogP contribution in [0.4, 0.5) is 0 Å². The number of methoxy groups -OCH3 is 1. The maximum absolute atomic E-state index is 12.3. The minimum absolute atomic E-state index is 0.120. The fraction of sp³-hybridized carbons (Fsp3) is 0.235. The standard InChI is InChI=1S/C17H16N2O5S/c1-22-15-8-13(9-16-17(15)24-11-23-16)6-7-19-25(20,21)14-4-2-12(10-18)3-5-14/h2-5,8-9,19H,6-7,11H2,1H3. The highest BCUT2D eigenvalue weighted by atomic mass is 32.2. The molecule has 7 nitrogen and oxygen atoms in total. The van der Waals surface area contributed by atoms with Crippen molar-refractivity contribution in [2.24, 2.45) is 0 Å². The van der Waals surface area contributed by atoms with E-state index in [1.165, 1.54) is 31.4 Å². The number of hydrogen-bond acceptors (Lipinski definition) is 6. The first-order valence-electron chi connectivity index (χ1n) is 7.50. The molecule has 2 aromatic carbocycles. The Balaban J connectivity index is 1.67. The van der Waals surface area contributed by atoms with Crippen LogP contribution in [0.5, 0.6) is 17.2 Å². The van der Waals surface area contributed by atoms with Crippen LogP contribution < -0.4 is 18.9 Å². The van der Waals surface area contributed by atoms with Gasteiger partial charge >= 0.3 is 0 Å². The van der Waals surface area contributed by atoms with Crippen molar-refractivity contribution >= 4 is 10.0 Å². The predicted molar refractivity (Wildman–Crippen MR) is 89.2 cm³/mol. The molecule has 1 aliphatic heterocycles. The molecule has 2 aromatic rings. The maximum atomic E-state index is 12.3. The molecule has 1 aliphatic rings. The molecule has 0 saturated carbocycles. The molecule has 1 N–H and O–H groups in total. The molecule has 3 rings (SSSR count). The Morgan fingerprint density at radius 2 is 2.00 bits per heavy atom. The van der Waals surface area contributed by atoms with Gasteiger partial charge in [0, 0.05) is 6.54 Å². The summed E-state index contributed by atoms with van der Waals surface area (Å²) in [4.78, 5) is 0.120. The van der Waals surface area contributed by atoms with E-state index in [1.54, 1.807) is 12.1 Å². The van der Waals surface area contributed by atoms with Gasteiger partial charge in [0.15, 0.2) is 11.5 Å². The second-order valence-electron chi connectivity index (χ2n) is 5.32.